The number of aromatic amines is 1. The van der Waals surface area contributed by atoms with Gasteiger partial charge in [0.25, 0.3) is 0 Å². The molecule has 3 rings (SSSR count). The Hall–Kier alpha value is -1.85. The van der Waals surface area contributed by atoms with Crippen LogP contribution in [0.2, 0.25) is 0 Å². The van der Waals surface area contributed by atoms with Crippen LogP contribution in [0.25, 0.3) is 11.0 Å². The molecule has 0 amide bonds. The molecular weight excluding hydrogens is 273 g/mol. The molecule has 0 aliphatic rings. The second-order valence-corrected chi connectivity index (χ2v) is 5.64. The summed E-state index contributed by atoms with van der Waals surface area (Å²) in [6, 6.07) is 14.3. The summed E-state index contributed by atoms with van der Waals surface area (Å²) in [5.74, 6) is -0.238. The van der Waals surface area contributed by atoms with Gasteiger partial charge in [0.15, 0.2) is 5.16 Å². The van der Waals surface area contributed by atoms with Gasteiger partial charge < -0.3 is 10.7 Å². The van der Waals surface area contributed by atoms with Gasteiger partial charge in [0.05, 0.1) is 11.0 Å². The minimum Gasteiger partial charge on any atom is -0.333 e. The molecule has 1 atom stereocenters. The standard InChI is InChI=1S/C15H14FN3S/c16-11-7-5-10(6-8-11)14(9-17)20-15-18-12-3-1-2-4-13(12)19-15/h1-8,14H,9,17H2,(H,18,19). The van der Waals surface area contributed by atoms with Crippen molar-refractivity contribution in [3.63, 3.8) is 0 Å². The van der Waals surface area contributed by atoms with Crippen LogP contribution in [0.15, 0.2) is 53.7 Å². The van der Waals surface area contributed by atoms with Crippen LogP contribution in [0.5, 0.6) is 0 Å². The van der Waals surface area contributed by atoms with Crippen molar-refractivity contribution in [3.8, 4) is 0 Å². The molecular formula is C15H14FN3S. The first-order valence-corrected chi connectivity index (χ1v) is 7.21. The van der Waals surface area contributed by atoms with Crippen molar-refractivity contribution in [1.29, 1.82) is 0 Å². The Morgan fingerprint density at radius 2 is 1.90 bits per heavy atom. The van der Waals surface area contributed by atoms with Crippen LogP contribution in [0.4, 0.5) is 4.39 Å². The molecule has 1 heterocycles. The van der Waals surface area contributed by atoms with Gasteiger partial charge in [-0.2, -0.15) is 0 Å². The van der Waals surface area contributed by atoms with Crippen LogP contribution >= 0.6 is 11.8 Å². The zero-order chi connectivity index (χ0) is 13.9. The molecule has 102 valence electrons. The van der Waals surface area contributed by atoms with Crippen LogP contribution in [0, 0.1) is 5.82 Å². The van der Waals surface area contributed by atoms with E-state index in [0.717, 1.165) is 21.8 Å². The highest BCUT2D eigenvalue weighted by molar-refractivity contribution is 7.99. The molecule has 0 aliphatic carbocycles. The van der Waals surface area contributed by atoms with Gasteiger partial charge >= 0.3 is 0 Å². The molecule has 0 saturated heterocycles. The Balaban J connectivity index is 1.85. The molecule has 1 unspecified atom stereocenters. The molecule has 20 heavy (non-hydrogen) atoms. The van der Waals surface area contributed by atoms with Gasteiger partial charge in [-0.15, -0.1) is 0 Å². The normalized spacial score (nSPS) is 12.7. The first-order valence-electron chi connectivity index (χ1n) is 6.33. The molecule has 3 N–H and O–H groups in total. The van der Waals surface area contributed by atoms with E-state index in [0.29, 0.717) is 6.54 Å². The van der Waals surface area contributed by atoms with Crippen LogP contribution in [-0.2, 0) is 0 Å². The van der Waals surface area contributed by atoms with Gasteiger partial charge in [-0.05, 0) is 29.8 Å². The van der Waals surface area contributed by atoms with E-state index >= 15 is 0 Å². The number of H-pyrrole nitrogens is 1. The highest BCUT2D eigenvalue weighted by Gasteiger charge is 2.14. The highest BCUT2D eigenvalue weighted by atomic mass is 32.2. The quantitative estimate of drug-likeness (QED) is 0.722. The summed E-state index contributed by atoms with van der Waals surface area (Å²) in [5, 5.41) is 0.877. The second kappa shape index (κ2) is 5.64. The predicted octanol–water partition coefficient (Wildman–Crippen LogP) is 3.49. The number of fused-ring (bicyclic) bond motifs is 1. The van der Waals surface area contributed by atoms with E-state index in [1.807, 2.05) is 24.3 Å². The number of thioether (sulfide) groups is 1. The number of imidazole rings is 1. The van der Waals surface area contributed by atoms with Crippen LogP contribution in [0.3, 0.4) is 0 Å². The summed E-state index contributed by atoms with van der Waals surface area (Å²) >= 11 is 1.56. The summed E-state index contributed by atoms with van der Waals surface area (Å²) in [6.07, 6.45) is 0. The van der Waals surface area contributed by atoms with Crippen molar-refractivity contribution >= 4 is 22.8 Å². The maximum Gasteiger partial charge on any atom is 0.167 e. The fourth-order valence-electron chi connectivity index (χ4n) is 2.05. The number of nitrogens with two attached hydrogens (primary N) is 1. The number of hydrogen-bond donors (Lipinski definition) is 2. The van der Waals surface area contributed by atoms with E-state index in [9.17, 15) is 4.39 Å². The number of nitrogens with one attached hydrogen (secondary N) is 1. The third kappa shape index (κ3) is 2.69. The molecule has 0 saturated carbocycles. The molecule has 0 radical (unpaired) electrons. The predicted molar refractivity (Wildman–Crippen MR) is 80.1 cm³/mol. The van der Waals surface area contributed by atoms with Crippen LogP contribution in [-0.4, -0.2) is 16.5 Å². The Kier molecular flexibility index (Phi) is 3.71. The summed E-state index contributed by atoms with van der Waals surface area (Å²) in [6.45, 7) is 0.466. The fraction of sp³-hybridized carbons (Fsp3) is 0.133. The molecule has 0 bridgehead atoms. The Morgan fingerprint density at radius 3 is 2.60 bits per heavy atom. The first-order chi connectivity index (χ1) is 9.76. The topological polar surface area (TPSA) is 54.7 Å². The summed E-state index contributed by atoms with van der Waals surface area (Å²) in [5.41, 5.74) is 8.77. The lowest BCUT2D eigenvalue weighted by molar-refractivity contribution is 0.627. The van der Waals surface area contributed by atoms with Gasteiger partial charge in [-0.25, -0.2) is 9.37 Å². The maximum atomic E-state index is 13.0. The SMILES string of the molecule is NCC(Sc1nc2ccccc2[nH]1)c1ccc(F)cc1. The number of para-hydroxylation sites is 2. The first kappa shape index (κ1) is 13.1. The third-order valence-electron chi connectivity index (χ3n) is 3.08. The molecule has 2 aromatic carbocycles. The van der Waals surface area contributed by atoms with Crippen molar-refractivity contribution in [2.75, 3.05) is 6.54 Å². The monoisotopic (exact) mass is 287 g/mol. The van der Waals surface area contributed by atoms with Crippen LogP contribution in [0.1, 0.15) is 10.8 Å². The van der Waals surface area contributed by atoms with Gasteiger partial charge in [-0.1, -0.05) is 36.0 Å². The molecule has 3 nitrogen and oxygen atoms in total. The summed E-state index contributed by atoms with van der Waals surface area (Å²) < 4.78 is 13.0. The minimum absolute atomic E-state index is 0.0520. The van der Waals surface area contributed by atoms with Gasteiger partial charge in [0.2, 0.25) is 0 Å². The van der Waals surface area contributed by atoms with Crippen molar-refractivity contribution in [2.24, 2.45) is 5.73 Å². The lowest BCUT2D eigenvalue weighted by Crippen LogP contribution is -2.09. The van der Waals surface area contributed by atoms with Crippen molar-refractivity contribution in [1.82, 2.24) is 9.97 Å². The van der Waals surface area contributed by atoms with Gasteiger partial charge in [0.1, 0.15) is 5.82 Å². The number of hydrogen-bond acceptors (Lipinski definition) is 3. The molecule has 1 aromatic heterocycles. The molecule has 0 fully saturated rings. The number of rotatable bonds is 4. The largest absolute Gasteiger partial charge is 0.333 e. The van der Waals surface area contributed by atoms with Crippen molar-refractivity contribution < 1.29 is 4.39 Å². The average molecular weight is 287 g/mol. The average Bonchev–Trinajstić information content (AvgIpc) is 2.88. The zero-order valence-corrected chi connectivity index (χ0v) is 11.5. The lowest BCUT2D eigenvalue weighted by Gasteiger charge is -2.12. The molecule has 5 heteroatoms. The molecule has 0 spiro atoms. The Bertz CT molecular complexity index is 675. The van der Waals surface area contributed by atoms with E-state index in [-0.39, 0.29) is 11.1 Å². The number of halogens is 1. The van der Waals surface area contributed by atoms with Gasteiger partial charge in [0, 0.05) is 11.8 Å². The number of benzene rings is 2. The minimum atomic E-state index is -0.238. The summed E-state index contributed by atoms with van der Waals surface area (Å²) in [4.78, 5) is 7.79. The van der Waals surface area contributed by atoms with Crippen molar-refractivity contribution in [2.45, 2.75) is 10.4 Å². The van der Waals surface area contributed by atoms with E-state index in [2.05, 4.69) is 9.97 Å². The zero-order valence-electron chi connectivity index (χ0n) is 10.7. The summed E-state index contributed by atoms with van der Waals surface area (Å²) in [7, 11) is 0. The maximum absolute atomic E-state index is 13.0. The second-order valence-electron chi connectivity index (χ2n) is 4.45. The lowest BCUT2D eigenvalue weighted by atomic mass is 10.1. The highest BCUT2D eigenvalue weighted by Crippen LogP contribution is 2.33. The Morgan fingerprint density at radius 1 is 1.15 bits per heavy atom. The fourth-order valence-corrected chi connectivity index (χ4v) is 3.03. The number of aromatic nitrogens is 2. The van der Waals surface area contributed by atoms with E-state index in [1.165, 1.54) is 12.1 Å². The van der Waals surface area contributed by atoms with Gasteiger partial charge in [-0.3, -0.25) is 0 Å². The third-order valence-corrected chi connectivity index (χ3v) is 4.24. The smallest absolute Gasteiger partial charge is 0.167 e. The Labute approximate surface area is 120 Å². The molecule has 3 aromatic rings. The molecule has 0 aliphatic heterocycles. The van der Waals surface area contributed by atoms with Crippen LogP contribution < -0.4 is 5.73 Å². The van der Waals surface area contributed by atoms with E-state index in [4.69, 9.17) is 5.73 Å². The number of nitrogens with zero attached hydrogens (tertiary/aromatic N) is 1. The van der Waals surface area contributed by atoms with E-state index < -0.39 is 0 Å². The van der Waals surface area contributed by atoms with Crippen molar-refractivity contribution in [3.05, 3.63) is 59.9 Å². The van der Waals surface area contributed by atoms with E-state index in [1.54, 1.807) is 23.9 Å².